The van der Waals surface area contributed by atoms with Crippen LogP contribution in [0.25, 0.3) is 33.5 Å². The second-order valence-corrected chi connectivity index (χ2v) is 13.7. The minimum Gasteiger partial charge on any atom is -0.492 e. The minimum absolute atomic E-state index is 0.446. The molecule has 5 aromatic carbocycles. The van der Waals surface area contributed by atoms with Crippen molar-refractivity contribution in [1.82, 2.24) is 30.3 Å². The van der Waals surface area contributed by atoms with Gasteiger partial charge in [0.1, 0.15) is 24.4 Å². The lowest BCUT2D eigenvalue weighted by Crippen LogP contribution is -2.25. The van der Waals surface area contributed by atoms with Crippen LogP contribution in [0.2, 0.25) is 0 Å². The number of nitrogens with one attached hydrogen (secondary N) is 2. The number of rotatable bonds is 9. The zero-order valence-electron chi connectivity index (χ0n) is 26.2. The number of hydrogen-bond donors (Lipinski definition) is 2. The number of H-pyrrole nitrogens is 2. The highest BCUT2D eigenvalue weighted by molar-refractivity contribution is 7.79. The summed E-state index contributed by atoms with van der Waals surface area (Å²) in [7, 11) is -0.446. The van der Waals surface area contributed by atoms with E-state index in [1.54, 1.807) is 0 Å². The fraction of sp³-hybridized carbons (Fsp3) is 0.154. The predicted octanol–water partition coefficient (Wildman–Crippen LogP) is 6.93. The van der Waals surface area contributed by atoms with Crippen LogP contribution in [0.1, 0.15) is 12.8 Å². The average molecular weight is 637 g/mol. The Morgan fingerprint density at radius 1 is 0.660 bits per heavy atom. The van der Waals surface area contributed by atoms with Gasteiger partial charge >= 0.3 is 0 Å². The van der Waals surface area contributed by atoms with Gasteiger partial charge in [0.25, 0.3) is 0 Å². The molecule has 1 aliphatic heterocycles. The van der Waals surface area contributed by atoms with Crippen molar-refractivity contribution >= 4 is 34.7 Å². The van der Waals surface area contributed by atoms with E-state index in [-0.39, 0.29) is 0 Å². The summed E-state index contributed by atoms with van der Waals surface area (Å²) in [5.74, 6) is 1.62. The first-order chi connectivity index (χ1) is 23.3. The Balaban J connectivity index is 0.000000161. The number of aromatic amines is 2. The first-order valence-corrected chi connectivity index (χ1v) is 17.4. The molecule has 3 heterocycles. The van der Waals surface area contributed by atoms with Gasteiger partial charge in [-0.3, -0.25) is 15.1 Å². The van der Waals surface area contributed by atoms with Gasteiger partial charge in [0, 0.05) is 23.1 Å². The van der Waals surface area contributed by atoms with Crippen LogP contribution in [0, 0.1) is 0 Å². The lowest BCUT2D eigenvalue weighted by Gasteiger charge is -2.18. The first-order valence-electron chi connectivity index (χ1n) is 16.1. The highest BCUT2D eigenvalue weighted by atomic mass is 31.1. The van der Waals surface area contributed by atoms with Crippen LogP contribution in [0.5, 0.6) is 5.75 Å². The lowest BCUT2D eigenvalue weighted by molar-refractivity contribution is 0.238. The van der Waals surface area contributed by atoms with Gasteiger partial charge in [-0.15, -0.1) is 0 Å². The number of hydrogen-bond acceptors (Lipinski definition) is 5. The summed E-state index contributed by atoms with van der Waals surface area (Å²) in [4.78, 5) is 6.69. The quantitative estimate of drug-likeness (QED) is 0.168. The van der Waals surface area contributed by atoms with Crippen molar-refractivity contribution in [3.05, 3.63) is 140 Å². The maximum absolute atomic E-state index is 6.00. The molecular weight excluding hydrogens is 599 g/mol. The van der Waals surface area contributed by atoms with Crippen LogP contribution in [0.3, 0.4) is 0 Å². The van der Waals surface area contributed by atoms with E-state index in [0.29, 0.717) is 6.61 Å². The molecule has 0 saturated carbocycles. The Hall–Kier alpha value is -5.10. The molecule has 0 atom stereocenters. The van der Waals surface area contributed by atoms with Crippen LogP contribution in [-0.4, -0.2) is 56.5 Å². The van der Waals surface area contributed by atoms with E-state index >= 15 is 0 Å². The van der Waals surface area contributed by atoms with Gasteiger partial charge in [-0.25, -0.2) is 4.98 Å². The maximum Gasteiger partial charge on any atom is 0.155 e. The van der Waals surface area contributed by atoms with Crippen LogP contribution in [0.15, 0.2) is 140 Å². The third kappa shape index (κ3) is 7.49. The molecular formula is C39H37N6OP. The largest absolute Gasteiger partial charge is 0.492 e. The Bertz CT molecular complexity index is 1880. The maximum atomic E-state index is 6.00. The third-order valence-corrected chi connectivity index (χ3v) is 10.7. The molecule has 234 valence electrons. The van der Waals surface area contributed by atoms with Gasteiger partial charge in [-0.1, -0.05) is 103 Å². The first kappa shape index (κ1) is 30.5. The van der Waals surface area contributed by atoms with E-state index in [9.17, 15) is 0 Å². The topological polar surface area (TPSA) is 82.7 Å². The molecule has 2 N–H and O–H groups in total. The number of nitrogens with zero attached hydrogens (tertiary/aromatic N) is 4. The molecule has 1 aliphatic rings. The van der Waals surface area contributed by atoms with Gasteiger partial charge in [-0.05, 0) is 80.1 Å². The Morgan fingerprint density at radius 2 is 1.32 bits per heavy atom. The molecule has 1 saturated heterocycles. The molecule has 2 aromatic heterocycles. The second kappa shape index (κ2) is 15.0. The fourth-order valence-electron chi connectivity index (χ4n) is 5.94. The zero-order valence-corrected chi connectivity index (χ0v) is 27.1. The smallest absolute Gasteiger partial charge is 0.155 e. The van der Waals surface area contributed by atoms with Crippen molar-refractivity contribution in [3.63, 3.8) is 0 Å². The molecule has 7 nitrogen and oxygen atoms in total. The standard InChI is InChI=1S/C21H22N6O.C18H15P/c1-2-9-27(8-1)10-11-28-17-5-3-4-15(12-17)20-18-13-16(21-22-14-23-26-21)6-7-19(18)24-25-20;1-4-10-16(11-5-1)19(17-12-6-2-7-13-17)18-14-8-3-9-15-18/h3-7,12-14H,1-2,8-11H2,(H,24,25)(H,22,23,26);1-15H. The number of ether oxygens (including phenoxy) is 1. The summed E-state index contributed by atoms with van der Waals surface area (Å²) >= 11 is 0. The molecule has 0 bridgehead atoms. The van der Waals surface area contributed by atoms with Gasteiger partial charge in [0.05, 0.1) is 5.52 Å². The number of likely N-dealkylation sites (tertiary alicyclic amines) is 1. The molecule has 8 heteroatoms. The molecule has 0 amide bonds. The van der Waals surface area contributed by atoms with Crippen molar-refractivity contribution in [2.45, 2.75) is 12.8 Å². The summed E-state index contributed by atoms with van der Waals surface area (Å²) in [6.07, 6.45) is 4.12. The Labute approximate surface area is 276 Å². The van der Waals surface area contributed by atoms with Crippen LogP contribution >= 0.6 is 7.92 Å². The number of fused-ring (bicyclic) bond motifs is 1. The zero-order chi connectivity index (χ0) is 31.7. The second-order valence-electron chi connectivity index (χ2n) is 11.4. The molecule has 8 rings (SSSR count). The summed E-state index contributed by atoms with van der Waals surface area (Å²) in [5.41, 5.74) is 3.89. The summed E-state index contributed by atoms with van der Waals surface area (Å²) < 4.78 is 6.00. The normalized spacial score (nSPS) is 13.0. The van der Waals surface area contributed by atoms with Crippen molar-refractivity contribution in [3.8, 4) is 28.4 Å². The van der Waals surface area contributed by atoms with Crippen molar-refractivity contribution in [1.29, 1.82) is 0 Å². The molecule has 7 aromatic rings. The van der Waals surface area contributed by atoms with E-state index in [2.05, 4.69) is 139 Å². The number of benzene rings is 5. The Morgan fingerprint density at radius 3 is 1.94 bits per heavy atom. The van der Waals surface area contributed by atoms with Crippen LogP contribution in [-0.2, 0) is 0 Å². The summed E-state index contributed by atoms with van der Waals surface area (Å²) in [6.45, 7) is 4.07. The van der Waals surface area contributed by atoms with Crippen LogP contribution in [0.4, 0.5) is 0 Å². The summed E-state index contributed by atoms with van der Waals surface area (Å²) in [6, 6.07) is 46.6. The minimum atomic E-state index is -0.446. The third-order valence-electron chi connectivity index (χ3n) is 8.28. The van der Waals surface area contributed by atoms with E-state index in [0.717, 1.165) is 45.8 Å². The fourth-order valence-corrected chi connectivity index (χ4v) is 8.24. The van der Waals surface area contributed by atoms with Crippen molar-refractivity contribution in [2.75, 3.05) is 26.2 Å². The van der Waals surface area contributed by atoms with Crippen molar-refractivity contribution < 1.29 is 4.74 Å². The lowest BCUT2D eigenvalue weighted by atomic mass is 10.1. The average Bonchev–Trinajstić information content (AvgIpc) is 3.94. The molecule has 0 spiro atoms. The Kier molecular flexibility index (Phi) is 9.75. The molecule has 0 radical (unpaired) electrons. The predicted molar refractivity (Wildman–Crippen MR) is 193 cm³/mol. The van der Waals surface area contributed by atoms with E-state index in [1.165, 1.54) is 48.2 Å². The van der Waals surface area contributed by atoms with Gasteiger partial charge in [-0.2, -0.15) is 10.2 Å². The van der Waals surface area contributed by atoms with Gasteiger partial charge < -0.3 is 4.74 Å². The van der Waals surface area contributed by atoms with E-state index < -0.39 is 7.92 Å². The van der Waals surface area contributed by atoms with Gasteiger partial charge in [0.15, 0.2) is 5.82 Å². The van der Waals surface area contributed by atoms with Crippen LogP contribution < -0.4 is 20.7 Å². The highest BCUT2D eigenvalue weighted by Gasteiger charge is 2.16. The number of aromatic nitrogens is 5. The molecule has 0 unspecified atom stereocenters. The molecule has 1 fully saturated rings. The highest BCUT2D eigenvalue weighted by Crippen LogP contribution is 2.33. The molecule has 0 aliphatic carbocycles. The van der Waals surface area contributed by atoms with E-state index in [4.69, 9.17) is 4.74 Å². The SMILES string of the molecule is c1cc(OCCN2CCCC2)cc(-c2n[nH]c3ccc(-c4ncn[nH]4)cc23)c1.c1ccc(P(c2ccccc2)c2ccccc2)cc1. The van der Waals surface area contributed by atoms with E-state index in [1.807, 2.05) is 24.3 Å². The van der Waals surface area contributed by atoms with Crippen molar-refractivity contribution in [2.24, 2.45) is 0 Å². The summed E-state index contributed by atoms with van der Waals surface area (Å²) in [5, 5.41) is 19.7. The van der Waals surface area contributed by atoms with Gasteiger partial charge in [0.2, 0.25) is 0 Å². The monoisotopic (exact) mass is 636 g/mol. The molecule has 47 heavy (non-hydrogen) atoms.